The van der Waals surface area contributed by atoms with E-state index in [0.29, 0.717) is 11.1 Å². The summed E-state index contributed by atoms with van der Waals surface area (Å²) in [6, 6.07) is 14.6. The van der Waals surface area contributed by atoms with Crippen molar-refractivity contribution in [2.24, 2.45) is 0 Å². The van der Waals surface area contributed by atoms with Gasteiger partial charge in [0.1, 0.15) is 0 Å². The van der Waals surface area contributed by atoms with Gasteiger partial charge >= 0.3 is 6.18 Å². The molecule has 0 amide bonds. The summed E-state index contributed by atoms with van der Waals surface area (Å²) in [5, 5.41) is 0. The van der Waals surface area contributed by atoms with Gasteiger partial charge in [-0.3, -0.25) is 0 Å². The number of benzene rings is 2. The first-order valence-corrected chi connectivity index (χ1v) is 9.26. The fraction of sp³-hybridized carbons (Fsp3) is 0.333. The van der Waals surface area contributed by atoms with Gasteiger partial charge in [-0.25, -0.2) is 8.42 Å². The van der Waals surface area contributed by atoms with Crippen LogP contribution in [0.4, 0.5) is 13.2 Å². The van der Waals surface area contributed by atoms with E-state index in [1.54, 1.807) is 42.5 Å². The van der Waals surface area contributed by atoms with Gasteiger partial charge in [-0.1, -0.05) is 49.4 Å². The second-order valence-corrected chi connectivity index (χ2v) is 8.53. The van der Waals surface area contributed by atoms with Crippen LogP contribution in [-0.4, -0.2) is 25.4 Å². The lowest BCUT2D eigenvalue weighted by Crippen LogP contribution is -2.48. The molecular formula is C18H18F3NO2S. The molecule has 0 saturated heterocycles. The van der Waals surface area contributed by atoms with Crippen molar-refractivity contribution in [2.45, 2.75) is 36.4 Å². The molecule has 1 heterocycles. The largest absolute Gasteiger partial charge is 0.390 e. The summed E-state index contributed by atoms with van der Waals surface area (Å²) >= 11 is 0. The van der Waals surface area contributed by atoms with Crippen molar-refractivity contribution in [3.63, 3.8) is 0 Å². The molecular weight excluding hydrogens is 351 g/mol. The van der Waals surface area contributed by atoms with Crippen LogP contribution >= 0.6 is 0 Å². The zero-order chi connectivity index (χ0) is 18.3. The summed E-state index contributed by atoms with van der Waals surface area (Å²) in [7, 11) is -3.87. The number of alkyl halides is 3. The molecule has 0 saturated carbocycles. The Morgan fingerprint density at radius 3 is 2.28 bits per heavy atom. The summed E-state index contributed by atoms with van der Waals surface area (Å²) in [6.45, 7) is 1.34. The number of rotatable bonds is 3. The van der Waals surface area contributed by atoms with Gasteiger partial charge in [0.05, 0.1) is 11.3 Å². The third-order valence-electron chi connectivity index (χ3n) is 4.51. The Hall–Kier alpha value is -1.86. The summed E-state index contributed by atoms with van der Waals surface area (Å²) in [5.41, 5.74) is -0.151. The minimum Gasteiger partial charge on any atom is -0.207 e. The zero-order valence-electron chi connectivity index (χ0n) is 13.6. The van der Waals surface area contributed by atoms with Crippen molar-refractivity contribution in [2.75, 3.05) is 6.54 Å². The monoisotopic (exact) mass is 369 g/mol. The van der Waals surface area contributed by atoms with Gasteiger partial charge in [0, 0.05) is 18.5 Å². The summed E-state index contributed by atoms with van der Waals surface area (Å²) in [5.74, 6) is 0. The van der Waals surface area contributed by atoms with Crippen LogP contribution in [0.25, 0.3) is 0 Å². The van der Waals surface area contributed by atoms with Crippen molar-refractivity contribution in [3.05, 3.63) is 65.7 Å². The highest BCUT2D eigenvalue weighted by atomic mass is 32.2. The Kier molecular flexibility index (Phi) is 4.41. The minimum absolute atomic E-state index is 0.0703. The van der Waals surface area contributed by atoms with Crippen molar-refractivity contribution in [1.82, 2.24) is 4.31 Å². The van der Waals surface area contributed by atoms with Crippen LogP contribution in [0.1, 0.15) is 24.5 Å². The molecule has 7 heteroatoms. The first-order valence-electron chi connectivity index (χ1n) is 7.82. The first-order chi connectivity index (χ1) is 11.6. The lowest BCUT2D eigenvalue weighted by atomic mass is 9.75. The van der Waals surface area contributed by atoms with Gasteiger partial charge in [0.2, 0.25) is 10.0 Å². The highest BCUT2D eigenvalue weighted by Crippen LogP contribution is 2.42. The topological polar surface area (TPSA) is 37.4 Å². The number of sulfonamides is 1. The fourth-order valence-corrected chi connectivity index (χ4v) is 5.04. The number of nitrogens with zero attached hydrogens (tertiary/aromatic N) is 1. The Bertz CT molecular complexity index is 865. The van der Waals surface area contributed by atoms with Crippen LogP contribution in [0.2, 0.25) is 0 Å². The van der Waals surface area contributed by atoms with Crippen LogP contribution in [-0.2, 0) is 22.0 Å². The van der Waals surface area contributed by atoms with Crippen LogP contribution in [0.5, 0.6) is 0 Å². The average molecular weight is 369 g/mol. The van der Waals surface area contributed by atoms with Crippen LogP contribution in [0.3, 0.4) is 0 Å². The molecule has 0 fully saturated rings. The molecule has 3 rings (SSSR count). The molecule has 0 aromatic heterocycles. The predicted molar refractivity (Wildman–Crippen MR) is 88.5 cm³/mol. The zero-order valence-corrected chi connectivity index (χ0v) is 14.4. The smallest absolute Gasteiger partial charge is 0.207 e. The van der Waals surface area contributed by atoms with E-state index in [-0.39, 0.29) is 18.0 Å². The quantitative estimate of drug-likeness (QED) is 0.817. The molecule has 2 aromatic rings. The second kappa shape index (κ2) is 6.14. The number of hydrogen-bond donors (Lipinski definition) is 0. The summed E-state index contributed by atoms with van der Waals surface area (Å²) in [4.78, 5) is 0.0868. The first kappa shape index (κ1) is 17.9. The maximum atomic E-state index is 13.2. The van der Waals surface area contributed by atoms with E-state index >= 15 is 0 Å². The van der Waals surface area contributed by atoms with Crippen LogP contribution < -0.4 is 0 Å². The van der Waals surface area contributed by atoms with Gasteiger partial charge in [-0.05, 0) is 23.3 Å². The maximum absolute atomic E-state index is 13.2. The van der Waals surface area contributed by atoms with Gasteiger partial charge in [-0.15, -0.1) is 0 Å². The van der Waals surface area contributed by atoms with E-state index in [1.165, 1.54) is 19.1 Å². The molecule has 3 nitrogen and oxygen atoms in total. The number of halogens is 3. The van der Waals surface area contributed by atoms with Crippen LogP contribution in [0, 0.1) is 0 Å². The summed E-state index contributed by atoms with van der Waals surface area (Å²) in [6.07, 6.45) is -5.46. The van der Waals surface area contributed by atoms with Gasteiger partial charge < -0.3 is 0 Å². The Labute approximate surface area is 145 Å². The van der Waals surface area contributed by atoms with E-state index in [4.69, 9.17) is 0 Å². The molecule has 25 heavy (non-hydrogen) atoms. The lowest BCUT2D eigenvalue weighted by molar-refractivity contribution is -0.148. The normalized spacial score (nSPS) is 21.8. The van der Waals surface area contributed by atoms with Gasteiger partial charge in [0.15, 0.2) is 0 Å². The van der Waals surface area contributed by atoms with E-state index in [0.717, 1.165) is 4.31 Å². The van der Waals surface area contributed by atoms with Gasteiger partial charge in [-0.2, -0.15) is 17.5 Å². The third kappa shape index (κ3) is 3.57. The van der Waals surface area contributed by atoms with Gasteiger partial charge in [0.25, 0.3) is 0 Å². The van der Waals surface area contributed by atoms with E-state index in [9.17, 15) is 21.6 Å². The molecule has 1 aliphatic rings. The average Bonchev–Trinajstić information content (AvgIpc) is 2.53. The molecule has 1 aliphatic heterocycles. The Morgan fingerprint density at radius 1 is 1.04 bits per heavy atom. The Morgan fingerprint density at radius 2 is 1.64 bits per heavy atom. The van der Waals surface area contributed by atoms with E-state index < -0.39 is 28.0 Å². The predicted octanol–water partition coefficient (Wildman–Crippen LogP) is 4.10. The van der Waals surface area contributed by atoms with Crippen molar-refractivity contribution >= 4 is 10.0 Å². The molecule has 0 N–H and O–H groups in total. The molecule has 1 atom stereocenters. The standard InChI is InChI=1S/C18H18F3NO2S/c1-17(12-18(19,20)21)13-22(11-14-7-5-6-10-16(14)17)25(23,24)15-8-3-2-4-9-15/h2-10H,11-13H2,1H3. The third-order valence-corrected chi connectivity index (χ3v) is 6.32. The highest BCUT2D eigenvalue weighted by molar-refractivity contribution is 7.89. The minimum atomic E-state index is -4.39. The SMILES string of the molecule is CC1(CC(F)(F)F)CN(S(=O)(=O)c2ccccc2)Cc2ccccc21. The number of fused-ring (bicyclic) bond motifs is 1. The molecule has 1 unspecified atom stereocenters. The van der Waals surface area contributed by atoms with Crippen molar-refractivity contribution in [1.29, 1.82) is 0 Å². The molecule has 134 valence electrons. The molecule has 0 bridgehead atoms. The number of hydrogen-bond acceptors (Lipinski definition) is 2. The molecule has 0 spiro atoms. The second-order valence-electron chi connectivity index (χ2n) is 6.60. The van der Waals surface area contributed by atoms with E-state index in [1.807, 2.05) is 0 Å². The molecule has 0 radical (unpaired) electrons. The Balaban J connectivity index is 2.06. The highest BCUT2D eigenvalue weighted by Gasteiger charge is 2.46. The van der Waals surface area contributed by atoms with Crippen molar-refractivity contribution in [3.8, 4) is 0 Å². The molecule has 0 aliphatic carbocycles. The van der Waals surface area contributed by atoms with Crippen molar-refractivity contribution < 1.29 is 21.6 Å². The van der Waals surface area contributed by atoms with E-state index in [2.05, 4.69) is 0 Å². The lowest BCUT2D eigenvalue weighted by Gasteiger charge is -2.41. The fourth-order valence-electron chi connectivity index (χ4n) is 3.47. The molecule has 2 aromatic carbocycles. The maximum Gasteiger partial charge on any atom is 0.390 e. The van der Waals surface area contributed by atoms with Crippen LogP contribution in [0.15, 0.2) is 59.5 Å². The summed E-state index contributed by atoms with van der Waals surface area (Å²) < 4.78 is 66.4.